The quantitative estimate of drug-likeness (QED) is 0.226. The van der Waals surface area contributed by atoms with Crippen LogP contribution in [-0.4, -0.2) is 19.7 Å². The zero-order valence-corrected chi connectivity index (χ0v) is 14.7. The highest BCUT2D eigenvalue weighted by Crippen LogP contribution is 2.22. The van der Waals surface area contributed by atoms with E-state index in [1.165, 1.54) is 58.1 Å². The number of rotatable bonds is 11. The average molecular weight is 298 g/mol. The van der Waals surface area contributed by atoms with Gasteiger partial charge in [0.05, 0.1) is 19.8 Å². The highest BCUT2D eigenvalue weighted by Gasteiger charge is 2.08. The summed E-state index contributed by atoms with van der Waals surface area (Å²) in [4.78, 5) is 11.0. The number of hydrogen-bond donors (Lipinski definition) is 0. The minimum absolute atomic E-state index is 0.359. The number of carbonyl (C=O) groups is 1. The normalized spacial score (nSPS) is 12.3. The summed E-state index contributed by atoms with van der Waals surface area (Å²) in [6.07, 6.45) is 11.6. The smallest absolute Gasteiger partial charge is 0.333 e. The highest BCUT2D eigenvalue weighted by atomic mass is 16.5. The lowest BCUT2D eigenvalue weighted by Gasteiger charge is -2.17. The van der Waals surface area contributed by atoms with Crippen molar-refractivity contribution in [2.24, 2.45) is 5.41 Å². The molecule has 0 rings (SSSR count). The van der Waals surface area contributed by atoms with Crippen molar-refractivity contribution in [2.45, 2.75) is 79.1 Å². The van der Waals surface area contributed by atoms with Crippen molar-refractivity contribution in [1.82, 2.24) is 0 Å². The van der Waals surface area contributed by atoms with Crippen molar-refractivity contribution in [2.75, 3.05) is 13.7 Å². The van der Waals surface area contributed by atoms with Gasteiger partial charge in [0.1, 0.15) is 5.76 Å². The van der Waals surface area contributed by atoms with Crippen molar-refractivity contribution in [1.29, 1.82) is 0 Å². The molecule has 0 fully saturated rings. The zero-order valence-electron chi connectivity index (χ0n) is 14.7. The van der Waals surface area contributed by atoms with Gasteiger partial charge in [-0.2, -0.15) is 0 Å². The molecule has 0 N–H and O–H groups in total. The highest BCUT2D eigenvalue weighted by molar-refractivity contribution is 5.82. The van der Waals surface area contributed by atoms with Crippen molar-refractivity contribution < 1.29 is 14.3 Å². The summed E-state index contributed by atoms with van der Waals surface area (Å²) in [5, 5.41) is 0. The fraction of sp³-hybridized carbons (Fsp3) is 0.833. The Balaban J connectivity index is 3.34. The molecular weight excluding hydrogens is 264 g/mol. The SMILES string of the molecule is COC(=O)C=C(C)OCCCCCCCCCC(C)(C)C. The number of esters is 1. The van der Waals surface area contributed by atoms with Gasteiger partial charge < -0.3 is 9.47 Å². The lowest BCUT2D eigenvalue weighted by atomic mass is 9.89. The Labute approximate surface area is 131 Å². The first-order chi connectivity index (χ1) is 9.85. The molecule has 0 heterocycles. The van der Waals surface area contributed by atoms with Gasteiger partial charge in [-0.05, 0) is 25.2 Å². The first-order valence-electron chi connectivity index (χ1n) is 8.24. The second-order valence-corrected chi connectivity index (χ2v) is 6.91. The van der Waals surface area contributed by atoms with Gasteiger partial charge in [-0.15, -0.1) is 0 Å². The Morgan fingerprint density at radius 2 is 1.48 bits per heavy atom. The minimum Gasteiger partial charge on any atom is -0.498 e. The van der Waals surface area contributed by atoms with E-state index in [0.717, 1.165) is 6.42 Å². The van der Waals surface area contributed by atoms with E-state index in [1.54, 1.807) is 6.92 Å². The second kappa shape index (κ2) is 11.6. The number of hydrogen-bond acceptors (Lipinski definition) is 3. The third-order valence-corrected chi connectivity index (χ3v) is 3.42. The number of carbonyl (C=O) groups excluding carboxylic acids is 1. The predicted molar refractivity (Wildman–Crippen MR) is 88.1 cm³/mol. The molecule has 0 radical (unpaired) electrons. The molecule has 0 aromatic carbocycles. The van der Waals surface area contributed by atoms with Crippen LogP contribution in [0.3, 0.4) is 0 Å². The van der Waals surface area contributed by atoms with Gasteiger partial charge in [0.15, 0.2) is 0 Å². The second-order valence-electron chi connectivity index (χ2n) is 6.91. The van der Waals surface area contributed by atoms with Crippen LogP contribution in [0.1, 0.15) is 79.1 Å². The summed E-state index contributed by atoms with van der Waals surface area (Å²) < 4.78 is 10.00. The molecule has 124 valence electrons. The minimum atomic E-state index is -0.359. The van der Waals surface area contributed by atoms with Crippen LogP contribution in [0.25, 0.3) is 0 Å². The van der Waals surface area contributed by atoms with Crippen LogP contribution >= 0.6 is 0 Å². The maximum absolute atomic E-state index is 11.0. The third-order valence-electron chi connectivity index (χ3n) is 3.42. The van der Waals surface area contributed by atoms with Crippen LogP contribution in [0.4, 0.5) is 0 Å². The monoisotopic (exact) mass is 298 g/mol. The van der Waals surface area contributed by atoms with Crippen LogP contribution in [0.5, 0.6) is 0 Å². The summed E-state index contributed by atoms with van der Waals surface area (Å²) in [5.74, 6) is 0.270. The van der Waals surface area contributed by atoms with Crippen LogP contribution in [-0.2, 0) is 14.3 Å². The van der Waals surface area contributed by atoms with Crippen molar-refractivity contribution >= 4 is 5.97 Å². The van der Waals surface area contributed by atoms with Crippen LogP contribution in [0, 0.1) is 5.41 Å². The molecule has 0 atom stereocenters. The van der Waals surface area contributed by atoms with Crippen LogP contribution in [0.2, 0.25) is 0 Å². The molecule has 0 spiro atoms. The van der Waals surface area contributed by atoms with Crippen LogP contribution in [0.15, 0.2) is 11.8 Å². The molecule has 0 aromatic rings. The van der Waals surface area contributed by atoms with E-state index >= 15 is 0 Å². The van der Waals surface area contributed by atoms with E-state index in [1.807, 2.05) is 0 Å². The van der Waals surface area contributed by atoms with Gasteiger partial charge in [0.25, 0.3) is 0 Å². The zero-order chi connectivity index (χ0) is 16.1. The number of ether oxygens (including phenoxy) is 2. The van der Waals surface area contributed by atoms with Crippen molar-refractivity contribution in [3.8, 4) is 0 Å². The summed E-state index contributed by atoms with van der Waals surface area (Å²) >= 11 is 0. The van der Waals surface area contributed by atoms with Crippen molar-refractivity contribution in [3.05, 3.63) is 11.8 Å². The van der Waals surface area contributed by atoms with Gasteiger partial charge in [0.2, 0.25) is 0 Å². The fourth-order valence-electron chi connectivity index (χ4n) is 2.14. The Kier molecular flexibility index (Phi) is 11.1. The molecule has 0 aliphatic heterocycles. The standard InChI is InChI=1S/C18H34O3/c1-16(15-17(19)20-5)21-14-12-10-8-6-7-9-11-13-18(2,3)4/h15H,6-14H2,1-5H3. The van der Waals surface area contributed by atoms with Gasteiger partial charge >= 0.3 is 5.97 Å². The molecule has 0 saturated carbocycles. The molecular formula is C18H34O3. The largest absolute Gasteiger partial charge is 0.498 e. The van der Waals surface area contributed by atoms with E-state index in [9.17, 15) is 4.79 Å². The lowest BCUT2D eigenvalue weighted by molar-refractivity contribution is -0.135. The Morgan fingerprint density at radius 1 is 0.952 bits per heavy atom. The Bertz CT molecular complexity index is 300. The molecule has 0 unspecified atom stereocenters. The number of allylic oxidation sites excluding steroid dienone is 1. The maximum Gasteiger partial charge on any atom is 0.333 e. The Morgan fingerprint density at radius 3 is 2.00 bits per heavy atom. The molecule has 0 aliphatic carbocycles. The van der Waals surface area contributed by atoms with Crippen molar-refractivity contribution in [3.63, 3.8) is 0 Å². The molecule has 0 aliphatic rings. The summed E-state index contributed by atoms with van der Waals surface area (Å²) in [6, 6.07) is 0. The molecule has 0 aromatic heterocycles. The topological polar surface area (TPSA) is 35.5 Å². The van der Waals surface area contributed by atoms with Gasteiger partial charge in [-0.3, -0.25) is 0 Å². The first-order valence-corrected chi connectivity index (χ1v) is 8.24. The predicted octanol–water partition coefficient (Wildman–Crippen LogP) is 5.25. The maximum atomic E-state index is 11.0. The van der Waals surface area contributed by atoms with E-state index in [0.29, 0.717) is 17.8 Å². The summed E-state index contributed by atoms with van der Waals surface area (Å²) in [6.45, 7) is 9.40. The number of unbranched alkanes of at least 4 members (excludes halogenated alkanes) is 6. The van der Waals surface area contributed by atoms with Gasteiger partial charge in [0, 0.05) is 0 Å². The molecule has 3 nitrogen and oxygen atoms in total. The van der Waals surface area contributed by atoms with Crippen LogP contribution < -0.4 is 0 Å². The average Bonchev–Trinajstić information content (AvgIpc) is 2.39. The third kappa shape index (κ3) is 15.2. The summed E-state index contributed by atoms with van der Waals surface area (Å²) in [7, 11) is 1.37. The number of methoxy groups -OCH3 is 1. The summed E-state index contributed by atoms with van der Waals surface area (Å²) in [5.41, 5.74) is 0.479. The molecule has 0 saturated heterocycles. The molecule has 0 amide bonds. The Hall–Kier alpha value is -0.990. The fourth-order valence-corrected chi connectivity index (χ4v) is 2.14. The molecule has 21 heavy (non-hydrogen) atoms. The van der Waals surface area contributed by atoms with E-state index in [-0.39, 0.29) is 5.97 Å². The molecule has 0 bridgehead atoms. The first kappa shape index (κ1) is 20.0. The van der Waals surface area contributed by atoms with E-state index < -0.39 is 0 Å². The molecule has 3 heteroatoms. The lowest BCUT2D eigenvalue weighted by Crippen LogP contribution is -2.03. The van der Waals surface area contributed by atoms with E-state index in [4.69, 9.17) is 4.74 Å². The van der Waals surface area contributed by atoms with Gasteiger partial charge in [-0.1, -0.05) is 59.3 Å². The van der Waals surface area contributed by atoms with Gasteiger partial charge in [-0.25, -0.2) is 4.79 Å². The van der Waals surface area contributed by atoms with E-state index in [2.05, 4.69) is 25.5 Å².